The number of carbonyl (C=O) groups excluding carboxylic acids is 1. The van der Waals surface area contributed by atoms with Crippen molar-refractivity contribution >= 4 is 22.9 Å². The summed E-state index contributed by atoms with van der Waals surface area (Å²) in [5.74, 6) is 0.875. The third-order valence-corrected chi connectivity index (χ3v) is 5.17. The van der Waals surface area contributed by atoms with Crippen molar-refractivity contribution < 1.29 is 4.79 Å². The van der Waals surface area contributed by atoms with Crippen LogP contribution in [0.3, 0.4) is 0 Å². The Morgan fingerprint density at radius 3 is 2.71 bits per heavy atom. The van der Waals surface area contributed by atoms with Crippen molar-refractivity contribution in [3.63, 3.8) is 0 Å². The van der Waals surface area contributed by atoms with Crippen molar-refractivity contribution in [3.05, 3.63) is 33.9 Å². The Labute approximate surface area is 144 Å². The fourth-order valence-corrected chi connectivity index (χ4v) is 3.99. The number of piperidine rings is 1. The summed E-state index contributed by atoms with van der Waals surface area (Å²) >= 11 is 1.52. The van der Waals surface area contributed by atoms with E-state index in [4.69, 9.17) is 5.73 Å². The quantitative estimate of drug-likeness (QED) is 0.922. The summed E-state index contributed by atoms with van der Waals surface area (Å²) in [7, 11) is 0. The fourth-order valence-electron chi connectivity index (χ4n) is 3.31. The van der Waals surface area contributed by atoms with Gasteiger partial charge in [0.05, 0.1) is 4.88 Å². The van der Waals surface area contributed by atoms with Crippen molar-refractivity contribution in [1.29, 1.82) is 0 Å². The molecule has 6 nitrogen and oxygen atoms in total. The van der Waals surface area contributed by atoms with Crippen molar-refractivity contribution in [2.75, 3.05) is 18.8 Å². The topological polar surface area (TPSA) is 81.2 Å². The van der Waals surface area contributed by atoms with Crippen molar-refractivity contribution in [2.45, 2.75) is 26.8 Å². The molecule has 0 aromatic carbocycles. The number of nitrogens with zero attached hydrogens (tertiary/aromatic N) is 3. The van der Waals surface area contributed by atoms with E-state index in [2.05, 4.69) is 18.9 Å². The average Bonchev–Trinajstić information content (AvgIpc) is 3.05. The van der Waals surface area contributed by atoms with Crippen LogP contribution < -0.4 is 11.3 Å². The number of carbonyl (C=O) groups is 1. The number of aromatic nitrogens is 2. The molecule has 3 heterocycles. The molecule has 0 unspecified atom stereocenters. The largest absolute Gasteiger partial charge is 0.394 e. The van der Waals surface area contributed by atoms with Crippen molar-refractivity contribution in [3.8, 4) is 10.6 Å². The summed E-state index contributed by atoms with van der Waals surface area (Å²) in [4.78, 5) is 27.6. The van der Waals surface area contributed by atoms with E-state index < -0.39 is 5.56 Å². The molecule has 2 atom stereocenters. The van der Waals surface area contributed by atoms with Crippen LogP contribution in [-0.2, 0) is 11.3 Å². The molecule has 24 heavy (non-hydrogen) atoms. The van der Waals surface area contributed by atoms with Gasteiger partial charge in [0.2, 0.25) is 5.91 Å². The Kier molecular flexibility index (Phi) is 4.71. The maximum atomic E-state index is 12.6. The monoisotopic (exact) mass is 346 g/mol. The number of nitrogen functional groups attached to an aromatic ring is 1. The number of anilines is 1. The van der Waals surface area contributed by atoms with Crippen LogP contribution in [-0.4, -0.2) is 33.7 Å². The second kappa shape index (κ2) is 6.76. The summed E-state index contributed by atoms with van der Waals surface area (Å²) in [6.45, 7) is 5.70. The molecule has 128 valence electrons. The van der Waals surface area contributed by atoms with Crippen molar-refractivity contribution in [2.24, 2.45) is 11.8 Å². The molecule has 2 aromatic heterocycles. The summed E-state index contributed by atoms with van der Waals surface area (Å²) in [6, 6.07) is 5.40. The molecule has 0 bridgehead atoms. The molecule has 1 aliphatic heterocycles. The molecule has 0 aliphatic carbocycles. The molecular weight excluding hydrogens is 324 g/mol. The summed E-state index contributed by atoms with van der Waals surface area (Å²) in [6.07, 6.45) is 1.13. The zero-order valence-electron chi connectivity index (χ0n) is 13.9. The number of rotatable bonds is 3. The first kappa shape index (κ1) is 16.7. The highest BCUT2D eigenvalue weighted by molar-refractivity contribution is 7.13. The van der Waals surface area contributed by atoms with Crippen LogP contribution in [0.5, 0.6) is 0 Å². The maximum absolute atomic E-state index is 12.6. The average molecular weight is 346 g/mol. The predicted molar refractivity (Wildman–Crippen MR) is 95.7 cm³/mol. The summed E-state index contributed by atoms with van der Waals surface area (Å²) < 4.78 is 1.19. The second-order valence-electron chi connectivity index (χ2n) is 6.67. The zero-order chi connectivity index (χ0) is 17.3. The van der Waals surface area contributed by atoms with E-state index in [0.717, 1.165) is 24.4 Å². The summed E-state index contributed by atoms with van der Waals surface area (Å²) in [5, 5.41) is 6.27. The molecular formula is C17H22N4O2S. The number of thiophene rings is 1. The third kappa shape index (κ3) is 3.51. The lowest BCUT2D eigenvalue weighted by Crippen LogP contribution is -2.45. The highest BCUT2D eigenvalue weighted by Crippen LogP contribution is 2.23. The van der Waals surface area contributed by atoms with Gasteiger partial charge in [0, 0.05) is 13.1 Å². The van der Waals surface area contributed by atoms with Gasteiger partial charge < -0.3 is 10.6 Å². The lowest BCUT2D eigenvalue weighted by Gasteiger charge is -2.35. The number of nitrogens with two attached hydrogens (primary N) is 1. The van der Waals surface area contributed by atoms with Gasteiger partial charge in [-0.05, 0) is 35.8 Å². The Hall–Kier alpha value is -2.15. The fraction of sp³-hybridized carbons (Fsp3) is 0.471. The molecule has 0 saturated carbocycles. The highest BCUT2D eigenvalue weighted by atomic mass is 32.1. The smallest absolute Gasteiger partial charge is 0.290 e. The van der Waals surface area contributed by atoms with Crippen LogP contribution in [0.1, 0.15) is 20.3 Å². The first-order chi connectivity index (χ1) is 11.4. The number of likely N-dealkylation sites (tertiary alicyclic amines) is 1. The van der Waals surface area contributed by atoms with Crippen LogP contribution in [0.25, 0.3) is 10.6 Å². The molecule has 3 rings (SSSR count). The van der Waals surface area contributed by atoms with Gasteiger partial charge in [0.25, 0.3) is 5.56 Å². The minimum Gasteiger partial charge on any atom is -0.394 e. The lowest BCUT2D eigenvalue weighted by atomic mass is 9.92. The van der Waals surface area contributed by atoms with E-state index in [1.54, 1.807) is 6.07 Å². The van der Waals surface area contributed by atoms with E-state index in [9.17, 15) is 9.59 Å². The molecule has 0 radical (unpaired) electrons. The first-order valence-electron chi connectivity index (χ1n) is 8.13. The molecule has 2 N–H and O–H groups in total. The zero-order valence-corrected chi connectivity index (χ0v) is 14.8. The molecule has 1 saturated heterocycles. The van der Waals surface area contributed by atoms with Gasteiger partial charge in [-0.25, -0.2) is 4.68 Å². The van der Waals surface area contributed by atoms with Gasteiger partial charge in [0.15, 0.2) is 0 Å². The minimum absolute atomic E-state index is 0.0678. The van der Waals surface area contributed by atoms with Gasteiger partial charge in [0.1, 0.15) is 17.9 Å². The van der Waals surface area contributed by atoms with Gasteiger partial charge in [-0.3, -0.25) is 9.59 Å². The predicted octanol–water partition coefficient (Wildman–Crippen LogP) is 2.06. The van der Waals surface area contributed by atoms with Crippen LogP contribution in [0.15, 0.2) is 28.4 Å². The van der Waals surface area contributed by atoms with E-state index in [1.807, 2.05) is 22.4 Å². The summed E-state index contributed by atoms with van der Waals surface area (Å²) in [5.41, 5.74) is 6.15. The SMILES string of the molecule is C[C@H]1C[C@H](C)CN(C(=O)Cn2nc(-c3cccs3)cc(N)c2=O)C1. The lowest BCUT2D eigenvalue weighted by molar-refractivity contribution is -0.134. The van der Waals surface area contributed by atoms with Crippen LogP contribution in [0, 0.1) is 11.8 Å². The Morgan fingerprint density at radius 2 is 2.08 bits per heavy atom. The minimum atomic E-state index is -0.415. The second-order valence-corrected chi connectivity index (χ2v) is 7.62. The molecule has 1 aliphatic rings. The van der Waals surface area contributed by atoms with Crippen LogP contribution in [0.2, 0.25) is 0 Å². The molecule has 2 aromatic rings. The molecule has 0 spiro atoms. The van der Waals surface area contributed by atoms with E-state index in [1.165, 1.54) is 16.0 Å². The Bertz CT molecular complexity index is 774. The Balaban J connectivity index is 1.84. The molecule has 7 heteroatoms. The molecule has 1 amide bonds. The van der Waals surface area contributed by atoms with Gasteiger partial charge in [-0.1, -0.05) is 19.9 Å². The van der Waals surface area contributed by atoms with Crippen molar-refractivity contribution in [1.82, 2.24) is 14.7 Å². The third-order valence-electron chi connectivity index (χ3n) is 4.28. The first-order valence-corrected chi connectivity index (χ1v) is 9.01. The van der Waals surface area contributed by atoms with Gasteiger partial charge in [-0.2, -0.15) is 5.10 Å². The van der Waals surface area contributed by atoms with Crippen LogP contribution in [0.4, 0.5) is 5.69 Å². The van der Waals surface area contributed by atoms with E-state index >= 15 is 0 Å². The Morgan fingerprint density at radius 1 is 1.38 bits per heavy atom. The number of hydrogen-bond donors (Lipinski definition) is 1. The van der Waals surface area contributed by atoms with Gasteiger partial charge >= 0.3 is 0 Å². The van der Waals surface area contributed by atoms with Crippen LogP contribution >= 0.6 is 11.3 Å². The standard InChI is InChI=1S/C17H22N4O2S/c1-11-6-12(2)9-20(8-11)16(22)10-21-17(23)13(18)7-14(19-21)15-4-3-5-24-15/h3-5,7,11-12H,6,8-10,18H2,1-2H3/t11-,12-/m0/s1. The van der Waals surface area contributed by atoms with Gasteiger partial charge in [-0.15, -0.1) is 11.3 Å². The normalized spacial score (nSPS) is 21.0. The molecule has 1 fully saturated rings. The number of hydrogen-bond acceptors (Lipinski definition) is 5. The highest BCUT2D eigenvalue weighted by Gasteiger charge is 2.26. The maximum Gasteiger partial charge on any atom is 0.290 e. The van der Waals surface area contributed by atoms with E-state index in [0.29, 0.717) is 17.5 Å². The van der Waals surface area contributed by atoms with E-state index in [-0.39, 0.29) is 18.1 Å². The number of amides is 1.